The van der Waals surface area contributed by atoms with Gasteiger partial charge in [-0.3, -0.25) is 13.9 Å². The number of hydrogen-bond acceptors (Lipinski definition) is 6. The van der Waals surface area contributed by atoms with Crippen LogP contribution in [0.1, 0.15) is 11.1 Å². The van der Waals surface area contributed by atoms with Crippen molar-refractivity contribution in [2.24, 2.45) is 0 Å². The second kappa shape index (κ2) is 6.89. The fourth-order valence-electron chi connectivity index (χ4n) is 3.20. The number of aliphatic hydroxyl groups excluding tert-OH is 1. The Morgan fingerprint density at radius 3 is 2.67 bits per heavy atom. The predicted octanol–water partition coefficient (Wildman–Crippen LogP) is 3.25. The van der Waals surface area contributed by atoms with E-state index in [1.165, 1.54) is 30.3 Å². The smallest absolute Gasteiger partial charge is 0.277 e. The van der Waals surface area contributed by atoms with Gasteiger partial charge in [0.1, 0.15) is 17.5 Å². The van der Waals surface area contributed by atoms with Crippen LogP contribution in [-0.4, -0.2) is 30.8 Å². The number of nitrogens with one attached hydrogen (secondary N) is 1. The number of aryl methyl sites for hydroxylation is 1. The van der Waals surface area contributed by atoms with E-state index in [0.717, 1.165) is 13.3 Å². The highest BCUT2D eigenvalue weighted by Gasteiger charge is 2.37. The molecule has 0 bridgehead atoms. The highest BCUT2D eigenvalue weighted by Crippen LogP contribution is 2.34. The largest absolute Gasteiger partial charge is 0.505 e. The summed E-state index contributed by atoms with van der Waals surface area (Å²) in [5, 5.41) is 13.4. The number of fused-ring (bicyclic) bond motifs is 2. The molecular formula is C20H15ClN2O6S. The average molecular weight is 447 g/mol. The van der Waals surface area contributed by atoms with E-state index >= 15 is 0 Å². The summed E-state index contributed by atoms with van der Waals surface area (Å²) in [6, 6.07) is 8.78. The normalized spacial score (nSPS) is 15.2. The minimum atomic E-state index is -4.06. The summed E-state index contributed by atoms with van der Waals surface area (Å²) in [5.41, 5.74) is -0.311. The number of halogens is 1. The molecule has 2 heterocycles. The fourth-order valence-corrected chi connectivity index (χ4v) is 4.76. The van der Waals surface area contributed by atoms with Crippen LogP contribution < -0.4 is 10.7 Å². The molecule has 0 radical (unpaired) electrons. The molecule has 0 spiro atoms. The van der Waals surface area contributed by atoms with E-state index in [1.54, 1.807) is 13.0 Å². The van der Waals surface area contributed by atoms with Crippen molar-refractivity contribution in [3.8, 4) is 0 Å². The summed E-state index contributed by atoms with van der Waals surface area (Å²) in [6.07, 6.45) is 1.05. The van der Waals surface area contributed by atoms with Crippen LogP contribution in [-0.2, 0) is 14.8 Å². The maximum atomic E-state index is 12.9. The Balaban J connectivity index is 1.80. The number of sulfonamides is 1. The van der Waals surface area contributed by atoms with Crippen molar-refractivity contribution in [3.63, 3.8) is 0 Å². The van der Waals surface area contributed by atoms with Crippen LogP contribution in [0, 0.1) is 6.92 Å². The zero-order chi connectivity index (χ0) is 21.8. The number of benzene rings is 2. The maximum Gasteiger partial charge on any atom is 0.277 e. The number of hydrogen-bond donors (Lipinski definition) is 2. The third-order valence-corrected chi connectivity index (χ3v) is 7.06. The summed E-state index contributed by atoms with van der Waals surface area (Å²) >= 11 is 6.08. The van der Waals surface area contributed by atoms with E-state index in [-0.39, 0.29) is 27.1 Å². The predicted molar refractivity (Wildman–Crippen MR) is 112 cm³/mol. The molecule has 154 valence electrons. The number of carbonyl (C=O) groups excluding carboxylic acids is 1. The van der Waals surface area contributed by atoms with Gasteiger partial charge in [0.2, 0.25) is 5.43 Å². The van der Waals surface area contributed by atoms with E-state index < -0.39 is 32.8 Å². The first-order valence-corrected chi connectivity index (χ1v) is 10.5. The molecule has 0 fully saturated rings. The molecule has 4 rings (SSSR count). The Kier molecular flexibility index (Phi) is 4.59. The van der Waals surface area contributed by atoms with E-state index in [9.17, 15) is 23.1 Å². The van der Waals surface area contributed by atoms with Gasteiger partial charge in [0.05, 0.1) is 10.3 Å². The van der Waals surface area contributed by atoms with E-state index in [0.29, 0.717) is 14.9 Å². The molecule has 0 aliphatic carbocycles. The number of carbonyl (C=O) groups is 1. The molecule has 0 saturated carbocycles. The lowest BCUT2D eigenvalue weighted by molar-refractivity contribution is -0.113. The van der Waals surface area contributed by atoms with E-state index in [2.05, 4.69) is 5.32 Å². The Labute approximate surface area is 176 Å². The van der Waals surface area contributed by atoms with Crippen LogP contribution in [0.4, 0.5) is 5.69 Å². The summed E-state index contributed by atoms with van der Waals surface area (Å²) in [5.74, 6) is -1.51. The molecule has 2 N–H and O–H groups in total. The first-order chi connectivity index (χ1) is 14.1. The Morgan fingerprint density at radius 1 is 1.23 bits per heavy atom. The van der Waals surface area contributed by atoms with Crippen molar-refractivity contribution in [1.82, 2.24) is 4.31 Å². The highest BCUT2D eigenvalue weighted by molar-refractivity contribution is 7.89. The molecular weight excluding hydrogens is 432 g/mol. The van der Waals surface area contributed by atoms with Crippen molar-refractivity contribution in [3.05, 3.63) is 74.7 Å². The van der Waals surface area contributed by atoms with Gasteiger partial charge in [0, 0.05) is 17.6 Å². The molecule has 8 nitrogen and oxygen atoms in total. The Hall–Kier alpha value is -3.30. The summed E-state index contributed by atoms with van der Waals surface area (Å²) in [7, 11) is -2.92. The van der Waals surface area contributed by atoms with Crippen LogP contribution in [0.15, 0.2) is 62.5 Å². The summed E-state index contributed by atoms with van der Waals surface area (Å²) in [4.78, 5) is 25.5. The molecule has 30 heavy (non-hydrogen) atoms. The molecule has 3 aromatic rings. The third-order valence-electron chi connectivity index (χ3n) is 4.84. The molecule has 1 aliphatic rings. The van der Waals surface area contributed by atoms with Crippen molar-refractivity contribution < 1.29 is 22.7 Å². The van der Waals surface area contributed by atoms with Crippen molar-refractivity contribution in [2.75, 3.05) is 12.4 Å². The summed E-state index contributed by atoms with van der Waals surface area (Å²) < 4.78 is 31.6. The monoisotopic (exact) mass is 446 g/mol. The van der Waals surface area contributed by atoms with Gasteiger partial charge in [-0.15, -0.1) is 0 Å². The van der Waals surface area contributed by atoms with Crippen LogP contribution in [0.5, 0.6) is 0 Å². The van der Waals surface area contributed by atoms with Gasteiger partial charge in [-0.1, -0.05) is 23.7 Å². The Morgan fingerprint density at radius 2 is 1.93 bits per heavy atom. The number of rotatable bonds is 2. The van der Waals surface area contributed by atoms with Gasteiger partial charge >= 0.3 is 0 Å². The Bertz CT molecular complexity index is 1420. The first kappa shape index (κ1) is 20.0. The SMILES string of the molecule is Cc1cc2occ(NC(=O)C3=C(O)c4ccccc4S(=O)(=O)N3C)c(=O)c2cc1Cl. The third kappa shape index (κ3) is 2.94. The number of nitrogens with zero attached hydrogens (tertiary/aromatic N) is 1. The van der Waals surface area contributed by atoms with Crippen LogP contribution in [0.25, 0.3) is 16.7 Å². The quantitative estimate of drug-likeness (QED) is 0.624. The maximum absolute atomic E-state index is 12.9. The molecule has 0 atom stereocenters. The van der Waals surface area contributed by atoms with Crippen molar-refractivity contribution in [2.45, 2.75) is 11.8 Å². The topological polar surface area (TPSA) is 117 Å². The van der Waals surface area contributed by atoms with Crippen molar-refractivity contribution in [1.29, 1.82) is 0 Å². The highest BCUT2D eigenvalue weighted by atomic mass is 35.5. The molecule has 2 aromatic carbocycles. The lowest BCUT2D eigenvalue weighted by atomic mass is 10.1. The summed E-state index contributed by atoms with van der Waals surface area (Å²) in [6.45, 7) is 1.75. The number of anilines is 1. The van der Waals surface area contributed by atoms with Gasteiger partial charge < -0.3 is 14.8 Å². The molecule has 1 aromatic heterocycles. The second-order valence-electron chi connectivity index (χ2n) is 6.70. The minimum Gasteiger partial charge on any atom is -0.505 e. The first-order valence-electron chi connectivity index (χ1n) is 8.67. The van der Waals surface area contributed by atoms with Gasteiger partial charge in [0.25, 0.3) is 15.9 Å². The zero-order valence-corrected chi connectivity index (χ0v) is 17.3. The van der Waals surface area contributed by atoms with Gasteiger partial charge in [-0.25, -0.2) is 8.42 Å². The molecule has 0 saturated heterocycles. The zero-order valence-electron chi connectivity index (χ0n) is 15.8. The minimum absolute atomic E-state index is 0.00597. The van der Waals surface area contributed by atoms with E-state index in [1.807, 2.05) is 0 Å². The van der Waals surface area contributed by atoms with Crippen LogP contribution in [0.3, 0.4) is 0 Å². The molecule has 10 heteroatoms. The van der Waals surface area contributed by atoms with Crippen LogP contribution >= 0.6 is 11.6 Å². The number of amides is 1. The lowest BCUT2D eigenvalue weighted by Gasteiger charge is -2.28. The van der Waals surface area contributed by atoms with Gasteiger partial charge in [0.15, 0.2) is 11.5 Å². The second-order valence-corrected chi connectivity index (χ2v) is 9.04. The fraction of sp³-hybridized carbons (Fsp3) is 0.100. The number of aliphatic hydroxyl groups is 1. The van der Waals surface area contributed by atoms with Crippen LogP contribution in [0.2, 0.25) is 5.02 Å². The standard InChI is InChI=1S/C20H15ClN2O6S/c1-10-7-15-12(8-13(10)21)18(24)14(9-29-15)22-20(26)17-19(25)11-5-3-4-6-16(11)30(27,28)23(17)2/h3-9,25H,1-2H3,(H,22,26). The molecule has 1 aliphatic heterocycles. The lowest BCUT2D eigenvalue weighted by Crippen LogP contribution is -2.37. The molecule has 0 unspecified atom stereocenters. The molecule has 1 amide bonds. The van der Waals surface area contributed by atoms with Crippen molar-refractivity contribution >= 4 is 49.9 Å². The number of likely N-dealkylation sites (N-methyl/N-ethyl adjacent to an activating group) is 1. The van der Waals surface area contributed by atoms with Gasteiger partial charge in [-0.2, -0.15) is 0 Å². The van der Waals surface area contributed by atoms with E-state index in [4.69, 9.17) is 16.0 Å². The average Bonchev–Trinajstić information content (AvgIpc) is 2.71. The van der Waals surface area contributed by atoms with Gasteiger partial charge in [-0.05, 0) is 36.8 Å².